The third-order valence-electron chi connectivity index (χ3n) is 3.51. The summed E-state index contributed by atoms with van der Waals surface area (Å²) in [6, 6.07) is 8.73. The number of nitrogens with one attached hydrogen (secondary N) is 2. The van der Waals surface area contributed by atoms with E-state index in [0.717, 1.165) is 12.0 Å². The first kappa shape index (κ1) is 18.0. The SMILES string of the molecule is O=C(CN1CC=C(c2ccccc2)CC1)NC(=O)NCC(F)(F)F. The first-order valence-corrected chi connectivity index (χ1v) is 7.45. The summed E-state index contributed by atoms with van der Waals surface area (Å²) in [5.74, 6) is -0.633. The van der Waals surface area contributed by atoms with Crippen molar-refractivity contribution in [3.05, 3.63) is 42.0 Å². The van der Waals surface area contributed by atoms with E-state index in [1.165, 1.54) is 5.57 Å². The Morgan fingerprint density at radius 3 is 2.46 bits per heavy atom. The van der Waals surface area contributed by atoms with Gasteiger partial charge in [-0.2, -0.15) is 13.2 Å². The molecule has 0 unspecified atom stereocenters. The summed E-state index contributed by atoms with van der Waals surface area (Å²) in [6.45, 7) is -0.336. The van der Waals surface area contributed by atoms with Crippen molar-refractivity contribution in [2.75, 3.05) is 26.2 Å². The van der Waals surface area contributed by atoms with E-state index >= 15 is 0 Å². The van der Waals surface area contributed by atoms with Crippen LogP contribution < -0.4 is 10.6 Å². The van der Waals surface area contributed by atoms with E-state index in [4.69, 9.17) is 0 Å². The Hall–Kier alpha value is -2.35. The summed E-state index contributed by atoms with van der Waals surface area (Å²) in [6.07, 6.45) is -1.74. The average Bonchev–Trinajstić information content (AvgIpc) is 2.54. The Bertz CT molecular complexity index is 615. The van der Waals surface area contributed by atoms with Crippen molar-refractivity contribution >= 4 is 17.5 Å². The standard InChI is InChI=1S/C16H18F3N3O2/c17-16(18,19)11-20-15(24)21-14(23)10-22-8-6-13(7-9-22)12-4-2-1-3-5-12/h1-6H,7-11H2,(H2,20,21,23,24). The van der Waals surface area contributed by atoms with Crippen molar-refractivity contribution in [1.29, 1.82) is 0 Å². The predicted octanol–water partition coefficient (Wildman–Crippen LogP) is 2.16. The monoisotopic (exact) mass is 341 g/mol. The van der Waals surface area contributed by atoms with Crippen LogP contribution in [0.5, 0.6) is 0 Å². The zero-order chi connectivity index (χ0) is 17.6. The quantitative estimate of drug-likeness (QED) is 0.882. The van der Waals surface area contributed by atoms with E-state index in [9.17, 15) is 22.8 Å². The lowest BCUT2D eigenvalue weighted by Crippen LogP contribution is -2.47. The summed E-state index contributed by atoms with van der Waals surface area (Å²) in [4.78, 5) is 24.7. The maximum atomic E-state index is 12.0. The van der Waals surface area contributed by atoms with Crippen molar-refractivity contribution in [2.24, 2.45) is 0 Å². The molecular weight excluding hydrogens is 323 g/mol. The lowest BCUT2D eigenvalue weighted by atomic mass is 10.00. The zero-order valence-corrected chi connectivity index (χ0v) is 12.9. The smallest absolute Gasteiger partial charge is 0.329 e. The van der Waals surface area contributed by atoms with Gasteiger partial charge in [-0.05, 0) is 17.6 Å². The Morgan fingerprint density at radius 1 is 1.17 bits per heavy atom. The minimum absolute atomic E-state index is 0.0436. The number of hydrogen-bond donors (Lipinski definition) is 2. The van der Waals surface area contributed by atoms with Gasteiger partial charge < -0.3 is 5.32 Å². The summed E-state index contributed by atoms with van der Waals surface area (Å²) in [7, 11) is 0. The molecule has 2 N–H and O–H groups in total. The van der Waals surface area contributed by atoms with E-state index in [1.54, 1.807) is 5.32 Å². The molecule has 1 aliphatic rings. The third kappa shape index (κ3) is 6.04. The van der Waals surface area contributed by atoms with Crippen molar-refractivity contribution in [2.45, 2.75) is 12.6 Å². The highest BCUT2D eigenvalue weighted by Gasteiger charge is 2.28. The molecule has 5 nitrogen and oxygen atoms in total. The molecule has 0 saturated heterocycles. The number of hydrogen-bond acceptors (Lipinski definition) is 3. The van der Waals surface area contributed by atoms with Crippen LogP contribution in [0.2, 0.25) is 0 Å². The van der Waals surface area contributed by atoms with Crippen LogP contribution in [0.3, 0.4) is 0 Å². The first-order valence-electron chi connectivity index (χ1n) is 7.45. The van der Waals surface area contributed by atoms with Crippen molar-refractivity contribution < 1.29 is 22.8 Å². The van der Waals surface area contributed by atoms with Gasteiger partial charge in [0.2, 0.25) is 5.91 Å². The fourth-order valence-corrected chi connectivity index (χ4v) is 2.36. The van der Waals surface area contributed by atoms with E-state index < -0.39 is 24.7 Å². The fraction of sp³-hybridized carbons (Fsp3) is 0.375. The van der Waals surface area contributed by atoms with Crippen LogP contribution in [-0.2, 0) is 4.79 Å². The molecule has 1 aromatic carbocycles. The van der Waals surface area contributed by atoms with Crippen molar-refractivity contribution in [3.63, 3.8) is 0 Å². The van der Waals surface area contributed by atoms with Crippen LogP contribution in [0.1, 0.15) is 12.0 Å². The maximum absolute atomic E-state index is 12.0. The normalized spacial score (nSPS) is 15.5. The van der Waals surface area contributed by atoms with Crippen LogP contribution >= 0.6 is 0 Å². The van der Waals surface area contributed by atoms with Gasteiger partial charge in [0.25, 0.3) is 0 Å². The summed E-state index contributed by atoms with van der Waals surface area (Å²) in [5, 5.41) is 3.48. The van der Waals surface area contributed by atoms with E-state index in [-0.39, 0.29) is 6.54 Å². The van der Waals surface area contributed by atoms with Crippen LogP contribution in [0, 0.1) is 0 Å². The number of urea groups is 1. The van der Waals surface area contributed by atoms with Gasteiger partial charge >= 0.3 is 12.2 Å². The number of halogens is 3. The van der Waals surface area contributed by atoms with Gasteiger partial charge in [-0.15, -0.1) is 0 Å². The molecule has 0 fully saturated rings. The summed E-state index contributed by atoms with van der Waals surface area (Å²) >= 11 is 0. The van der Waals surface area contributed by atoms with Gasteiger partial charge in [0.05, 0.1) is 6.54 Å². The molecule has 0 bridgehead atoms. The number of benzene rings is 1. The average molecular weight is 341 g/mol. The molecule has 1 heterocycles. The number of rotatable bonds is 4. The number of carbonyl (C=O) groups excluding carboxylic acids is 2. The van der Waals surface area contributed by atoms with Gasteiger partial charge in [0, 0.05) is 13.1 Å². The minimum Gasteiger partial charge on any atom is -0.329 e. The molecular formula is C16H18F3N3O2. The second kappa shape index (κ2) is 7.96. The van der Waals surface area contributed by atoms with Crippen molar-refractivity contribution in [1.82, 2.24) is 15.5 Å². The number of amides is 3. The highest BCUT2D eigenvalue weighted by atomic mass is 19.4. The lowest BCUT2D eigenvalue weighted by molar-refractivity contribution is -0.125. The molecule has 0 atom stereocenters. The number of alkyl halides is 3. The number of imide groups is 1. The van der Waals surface area contributed by atoms with Gasteiger partial charge in [0.15, 0.2) is 0 Å². The fourth-order valence-electron chi connectivity index (χ4n) is 2.36. The molecule has 24 heavy (non-hydrogen) atoms. The van der Waals surface area contributed by atoms with E-state index in [2.05, 4.69) is 0 Å². The Balaban J connectivity index is 1.76. The minimum atomic E-state index is -4.51. The molecule has 0 saturated carbocycles. The predicted molar refractivity (Wildman–Crippen MR) is 83.1 cm³/mol. The van der Waals surface area contributed by atoms with E-state index in [1.807, 2.05) is 46.6 Å². The highest BCUT2D eigenvalue weighted by Crippen LogP contribution is 2.21. The molecule has 2 rings (SSSR count). The number of carbonyl (C=O) groups is 2. The second-order valence-corrected chi connectivity index (χ2v) is 5.43. The van der Waals surface area contributed by atoms with Crippen LogP contribution in [0.15, 0.2) is 36.4 Å². The Morgan fingerprint density at radius 2 is 1.88 bits per heavy atom. The van der Waals surface area contributed by atoms with E-state index in [0.29, 0.717) is 13.1 Å². The molecule has 1 aromatic rings. The first-order chi connectivity index (χ1) is 11.3. The largest absolute Gasteiger partial charge is 0.405 e. The van der Waals surface area contributed by atoms with Crippen LogP contribution in [0.4, 0.5) is 18.0 Å². The molecule has 0 spiro atoms. The molecule has 8 heteroatoms. The molecule has 0 aromatic heterocycles. The summed E-state index contributed by atoms with van der Waals surface area (Å²) in [5.41, 5.74) is 2.32. The molecule has 3 amide bonds. The molecule has 0 radical (unpaired) electrons. The topological polar surface area (TPSA) is 61.4 Å². The zero-order valence-electron chi connectivity index (χ0n) is 12.9. The molecule has 130 valence electrons. The number of nitrogens with zero attached hydrogens (tertiary/aromatic N) is 1. The Kier molecular flexibility index (Phi) is 5.97. The van der Waals surface area contributed by atoms with Crippen LogP contribution in [0.25, 0.3) is 5.57 Å². The molecule has 1 aliphatic heterocycles. The maximum Gasteiger partial charge on any atom is 0.405 e. The lowest BCUT2D eigenvalue weighted by Gasteiger charge is -2.25. The van der Waals surface area contributed by atoms with Gasteiger partial charge in [-0.3, -0.25) is 15.0 Å². The molecule has 0 aliphatic carbocycles. The van der Waals surface area contributed by atoms with Gasteiger partial charge in [-0.25, -0.2) is 4.79 Å². The van der Waals surface area contributed by atoms with Crippen LogP contribution in [-0.4, -0.2) is 49.2 Å². The second-order valence-electron chi connectivity index (χ2n) is 5.43. The summed E-state index contributed by atoms with van der Waals surface area (Å²) < 4.78 is 35.9. The third-order valence-corrected chi connectivity index (χ3v) is 3.51. The van der Waals surface area contributed by atoms with Gasteiger partial charge in [0.1, 0.15) is 6.54 Å². The van der Waals surface area contributed by atoms with Crippen molar-refractivity contribution in [3.8, 4) is 0 Å². The highest BCUT2D eigenvalue weighted by molar-refractivity contribution is 5.95. The Labute approximate surface area is 137 Å². The van der Waals surface area contributed by atoms with Gasteiger partial charge in [-0.1, -0.05) is 36.4 Å².